The van der Waals surface area contributed by atoms with E-state index in [0.29, 0.717) is 17.0 Å². The van der Waals surface area contributed by atoms with Crippen LogP contribution in [0.2, 0.25) is 0 Å². The number of carbonyl (C=O) groups is 1. The van der Waals surface area contributed by atoms with Crippen molar-refractivity contribution >= 4 is 22.5 Å². The molecule has 0 atom stereocenters. The van der Waals surface area contributed by atoms with Gasteiger partial charge in [-0.1, -0.05) is 35.9 Å². The number of aromatic nitrogens is 3. The molecule has 0 fully saturated rings. The van der Waals surface area contributed by atoms with Crippen molar-refractivity contribution in [2.45, 2.75) is 6.92 Å². The number of benzene rings is 2. The average Bonchev–Trinajstić information content (AvgIpc) is 2.69. The molecular weight excluding hydrogens is 324 g/mol. The van der Waals surface area contributed by atoms with E-state index >= 15 is 0 Å². The van der Waals surface area contributed by atoms with E-state index < -0.39 is 0 Å². The summed E-state index contributed by atoms with van der Waals surface area (Å²) in [5.41, 5.74) is 4.52. The summed E-state index contributed by atoms with van der Waals surface area (Å²) in [5.74, 6) is -0.178. The van der Waals surface area contributed by atoms with Gasteiger partial charge in [0, 0.05) is 17.3 Å². The molecule has 1 amide bonds. The quantitative estimate of drug-likeness (QED) is 0.605. The lowest BCUT2D eigenvalue weighted by atomic mass is 10.1. The summed E-state index contributed by atoms with van der Waals surface area (Å²) in [6.07, 6.45) is 3.13. The van der Waals surface area contributed by atoms with Gasteiger partial charge in [0.25, 0.3) is 5.91 Å². The molecule has 0 aliphatic rings. The Balaban J connectivity index is 1.79. The minimum atomic E-state index is -0.178. The van der Waals surface area contributed by atoms with Crippen LogP contribution in [0.3, 0.4) is 0 Å². The molecule has 5 nitrogen and oxygen atoms in total. The summed E-state index contributed by atoms with van der Waals surface area (Å²) >= 11 is 0. The molecule has 4 rings (SSSR count). The Morgan fingerprint density at radius 1 is 0.962 bits per heavy atom. The molecule has 2 aromatic carbocycles. The van der Waals surface area contributed by atoms with Crippen molar-refractivity contribution < 1.29 is 4.79 Å². The largest absolute Gasteiger partial charge is 0.322 e. The fraction of sp³-hybridized carbons (Fsp3) is 0.0476. The van der Waals surface area contributed by atoms with Crippen molar-refractivity contribution in [3.05, 3.63) is 84.3 Å². The van der Waals surface area contributed by atoms with Crippen molar-refractivity contribution in [1.82, 2.24) is 15.0 Å². The van der Waals surface area contributed by atoms with E-state index in [1.807, 2.05) is 55.5 Å². The van der Waals surface area contributed by atoms with Crippen LogP contribution < -0.4 is 5.32 Å². The third-order valence-corrected chi connectivity index (χ3v) is 4.11. The second kappa shape index (κ2) is 6.72. The first-order valence-electron chi connectivity index (χ1n) is 8.25. The van der Waals surface area contributed by atoms with Crippen LogP contribution in [0.5, 0.6) is 0 Å². The van der Waals surface area contributed by atoms with E-state index in [9.17, 15) is 4.79 Å². The molecule has 2 heterocycles. The second-order valence-electron chi connectivity index (χ2n) is 5.99. The molecule has 0 spiro atoms. The highest BCUT2D eigenvalue weighted by molar-refractivity contribution is 6.13. The summed E-state index contributed by atoms with van der Waals surface area (Å²) in [4.78, 5) is 25.7. The smallest absolute Gasteiger partial charge is 0.256 e. The summed E-state index contributed by atoms with van der Waals surface area (Å²) in [5, 5.41) is 3.76. The molecule has 26 heavy (non-hydrogen) atoms. The molecule has 4 aromatic rings. The van der Waals surface area contributed by atoms with Crippen LogP contribution in [0.1, 0.15) is 15.9 Å². The van der Waals surface area contributed by atoms with Crippen LogP contribution >= 0.6 is 0 Å². The van der Waals surface area contributed by atoms with Crippen molar-refractivity contribution in [2.24, 2.45) is 0 Å². The number of amides is 1. The molecule has 0 unspecified atom stereocenters. The number of para-hydroxylation sites is 1. The highest BCUT2D eigenvalue weighted by Gasteiger charge is 2.14. The van der Waals surface area contributed by atoms with Crippen molar-refractivity contribution in [3.63, 3.8) is 0 Å². The third kappa shape index (κ3) is 3.15. The molecule has 126 valence electrons. The zero-order valence-corrected chi connectivity index (χ0v) is 14.2. The maximum Gasteiger partial charge on any atom is 0.256 e. The third-order valence-electron chi connectivity index (χ3n) is 4.11. The first kappa shape index (κ1) is 15.9. The van der Waals surface area contributed by atoms with Crippen LogP contribution in [0, 0.1) is 6.92 Å². The Morgan fingerprint density at radius 2 is 1.77 bits per heavy atom. The van der Waals surface area contributed by atoms with Gasteiger partial charge in [0.15, 0.2) is 0 Å². The maximum atomic E-state index is 12.9. The van der Waals surface area contributed by atoms with Gasteiger partial charge in [-0.2, -0.15) is 0 Å². The topological polar surface area (TPSA) is 67.8 Å². The summed E-state index contributed by atoms with van der Waals surface area (Å²) in [6, 6.07) is 18.9. The normalized spacial score (nSPS) is 10.7. The van der Waals surface area contributed by atoms with Crippen molar-refractivity contribution in [3.8, 4) is 11.4 Å². The Kier molecular flexibility index (Phi) is 4.11. The van der Waals surface area contributed by atoms with Crippen LogP contribution in [-0.4, -0.2) is 20.9 Å². The molecule has 2 aromatic heterocycles. The molecule has 0 radical (unpaired) electrons. The van der Waals surface area contributed by atoms with E-state index in [-0.39, 0.29) is 5.91 Å². The van der Waals surface area contributed by atoms with Gasteiger partial charge in [-0.05, 0) is 37.3 Å². The molecule has 0 saturated heterocycles. The fourth-order valence-corrected chi connectivity index (χ4v) is 2.77. The van der Waals surface area contributed by atoms with Gasteiger partial charge >= 0.3 is 0 Å². The second-order valence-corrected chi connectivity index (χ2v) is 5.99. The van der Waals surface area contributed by atoms with E-state index in [0.717, 1.165) is 22.2 Å². The van der Waals surface area contributed by atoms with Gasteiger partial charge < -0.3 is 5.32 Å². The maximum absolute atomic E-state index is 12.9. The van der Waals surface area contributed by atoms with Gasteiger partial charge in [0.05, 0.1) is 22.5 Å². The highest BCUT2D eigenvalue weighted by atomic mass is 16.1. The summed E-state index contributed by atoms with van der Waals surface area (Å²) < 4.78 is 0. The lowest BCUT2D eigenvalue weighted by molar-refractivity contribution is 0.102. The minimum Gasteiger partial charge on any atom is -0.322 e. The highest BCUT2D eigenvalue weighted by Crippen LogP contribution is 2.24. The van der Waals surface area contributed by atoms with Crippen molar-refractivity contribution in [2.75, 3.05) is 5.32 Å². The SMILES string of the molecule is Cc1ccc(NC(=O)c2cc(-c3ccncn3)nc3ccccc23)cc1. The summed E-state index contributed by atoms with van der Waals surface area (Å²) in [7, 11) is 0. The van der Waals surface area contributed by atoms with Gasteiger partial charge in [-0.15, -0.1) is 0 Å². The van der Waals surface area contributed by atoms with E-state index in [1.165, 1.54) is 6.33 Å². The molecule has 0 bridgehead atoms. The number of pyridine rings is 1. The minimum absolute atomic E-state index is 0.178. The van der Waals surface area contributed by atoms with E-state index in [2.05, 4.69) is 20.3 Å². The van der Waals surface area contributed by atoms with Crippen LogP contribution in [0.15, 0.2) is 73.2 Å². The van der Waals surface area contributed by atoms with Crippen LogP contribution in [0.25, 0.3) is 22.3 Å². The van der Waals surface area contributed by atoms with Gasteiger partial charge in [0.2, 0.25) is 0 Å². The fourth-order valence-electron chi connectivity index (χ4n) is 2.77. The van der Waals surface area contributed by atoms with Gasteiger partial charge in [-0.25, -0.2) is 15.0 Å². The lowest BCUT2D eigenvalue weighted by Gasteiger charge is -2.10. The van der Waals surface area contributed by atoms with Crippen LogP contribution in [0.4, 0.5) is 5.69 Å². The number of carbonyl (C=O) groups excluding carboxylic acids is 1. The number of fused-ring (bicyclic) bond motifs is 1. The standard InChI is InChI=1S/C21H16N4O/c1-14-6-8-15(9-7-14)24-21(26)17-12-20(19-10-11-22-13-23-19)25-18-5-3-2-4-16(17)18/h2-13H,1H3,(H,24,26). The van der Waals surface area contributed by atoms with Crippen molar-refractivity contribution in [1.29, 1.82) is 0 Å². The predicted molar refractivity (Wildman–Crippen MR) is 102 cm³/mol. The zero-order valence-electron chi connectivity index (χ0n) is 14.2. The van der Waals surface area contributed by atoms with Gasteiger partial charge in [-0.3, -0.25) is 4.79 Å². The average molecular weight is 340 g/mol. The predicted octanol–water partition coefficient (Wildman–Crippen LogP) is 4.25. The van der Waals surface area contributed by atoms with E-state index in [4.69, 9.17) is 0 Å². The first-order valence-corrected chi connectivity index (χ1v) is 8.25. The number of hydrogen-bond acceptors (Lipinski definition) is 4. The van der Waals surface area contributed by atoms with Crippen LogP contribution in [-0.2, 0) is 0 Å². The number of nitrogens with zero attached hydrogens (tertiary/aromatic N) is 3. The Labute approximate surface area is 150 Å². The number of aryl methyl sites for hydroxylation is 1. The lowest BCUT2D eigenvalue weighted by Crippen LogP contribution is -2.13. The Bertz CT molecular complexity index is 1080. The van der Waals surface area contributed by atoms with E-state index in [1.54, 1.807) is 18.3 Å². The number of anilines is 1. The Morgan fingerprint density at radius 3 is 2.54 bits per heavy atom. The molecular formula is C21H16N4O. The number of nitrogens with one attached hydrogen (secondary N) is 1. The molecule has 0 aliphatic heterocycles. The number of hydrogen-bond donors (Lipinski definition) is 1. The summed E-state index contributed by atoms with van der Waals surface area (Å²) in [6.45, 7) is 2.01. The Hall–Kier alpha value is -3.60. The number of rotatable bonds is 3. The molecule has 1 N–H and O–H groups in total. The van der Waals surface area contributed by atoms with Gasteiger partial charge in [0.1, 0.15) is 6.33 Å². The molecule has 0 saturated carbocycles. The first-order chi connectivity index (χ1) is 12.7. The zero-order chi connectivity index (χ0) is 17.9. The molecule has 0 aliphatic carbocycles. The monoisotopic (exact) mass is 340 g/mol. The molecule has 5 heteroatoms.